The van der Waals surface area contributed by atoms with Crippen LogP contribution in [0, 0.1) is 0 Å². The summed E-state index contributed by atoms with van der Waals surface area (Å²) in [6, 6.07) is 54.3. The summed E-state index contributed by atoms with van der Waals surface area (Å²) in [5.74, 6) is 2.01. The largest absolute Gasteiger partial charge is 0.208 e. The molecule has 11 aromatic rings. The van der Waals surface area contributed by atoms with Crippen LogP contribution in [0.1, 0.15) is 0 Å². The number of rotatable bonds is 4. The Balaban J connectivity index is 1.04. The lowest BCUT2D eigenvalue weighted by Crippen LogP contribution is -2.00. The van der Waals surface area contributed by atoms with Crippen LogP contribution in [-0.4, -0.2) is 15.0 Å². The summed E-state index contributed by atoms with van der Waals surface area (Å²) in [5, 5.41) is 7.66. The third kappa shape index (κ3) is 4.72. The van der Waals surface area contributed by atoms with E-state index in [0.29, 0.717) is 17.5 Å². The smallest absolute Gasteiger partial charge is 0.164 e. The highest BCUT2D eigenvalue weighted by Gasteiger charge is 2.16. The van der Waals surface area contributed by atoms with Gasteiger partial charge in [-0.1, -0.05) is 109 Å². The molecule has 0 saturated heterocycles. The molecule has 0 N–H and O–H groups in total. The molecule has 51 heavy (non-hydrogen) atoms. The molecule has 238 valence electrons. The van der Waals surface area contributed by atoms with E-state index in [1.165, 1.54) is 71.6 Å². The lowest BCUT2D eigenvalue weighted by Gasteiger charge is -2.09. The maximum Gasteiger partial charge on any atom is 0.164 e. The van der Waals surface area contributed by atoms with Gasteiger partial charge in [0.2, 0.25) is 0 Å². The minimum atomic E-state index is 0.669. The Morgan fingerprint density at radius 2 is 0.804 bits per heavy atom. The Kier molecular flexibility index (Phi) is 6.46. The molecule has 6 heteroatoms. The molecule has 3 nitrogen and oxygen atoms in total. The molecule has 0 fully saturated rings. The number of fused-ring (bicyclic) bond motifs is 9. The van der Waals surface area contributed by atoms with Crippen LogP contribution in [-0.2, 0) is 0 Å². The van der Waals surface area contributed by atoms with E-state index in [0.717, 1.165) is 16.7 Å². The molecule has 7 aromatic carbocycles. The van der Waals surface area contributed by atoms with Crippen LogP contribution in [0.3, 0.4) is 0 Å². The maximum absolute atomic E-state index is 5.12. The number of nitrogens with zero attached hydrogens (tertiary/aromatic N) is 3. The van der Waals surface area contributed by atoms with Gasteiger partial charge in [0.25, 0.3) is 0 Å². The van der Waals surface area contributed by atoms with Crippen LogP contribution < -0.4 is 0 Å². The topological polar surface area (TPSA) is 38.7 Å². The predicted octanol–water partition coefficient (Wildman–Crippen LogP) is 13.6. The molecule has 4 heterocycles. The van der Waals surface area contributed by atoms with E-state index in [4.69, 9.17) is 15.0 Å². The molecule has 0 atom stereocenters. The quantitative estimate of drug-likeness (QED) is 0.183. The molecule has 11 rings (SSSR count). The van der Waals surface area contributed by atoms with Crippen molar-refractivity contribution < 1.29 is 0 Å². The van der Waals surface area contributed by atoms with Crippen molar-refractivity contribution in [1.82, 2.24) is 15.0 Å². The third-order valence-electron chi connectivity index (χ3n) is 9.75. The van der Waals surface area contributed by atoms with E-state index in [2.05, 4.69) is 133 Å². The number of benzene rings is 7. The van der Waals surface area contributed by atoms with E-state index in [1.54, 1.807) is 0 Å². The van der Waals surface area contributed by atoms with Crippen molar-refractivity contribution in [1.29, 1.82) is 0 Å². The zero-order valence-corrected chi connectivity index (χ0v) is 29.4. The molecule has 0 aliphatic rings. The summed E-state index contributed by atoms with van der Waals surface area (Å²) in [7, 11) is 0. The van der Waals surface area contributed by atoms with Crippen molar-refractivity contribution >= 4 is 94.5 Å². The van der Waals surface area contributed by atoms with Gasteiger partial charge in [0.15, 0.2) is 17.5 Å². The van der Waals surface area contributed by atoms with Crippen LogP contribution in [0.2, 0.25) is 0 Å². The monoisotopic (exact) mass is 703 g/mol. The standard InChI is InChI=1S/C45H25N3S3/c1-2-9-26(10-3-1)43-46-44(28-19-22-39-36(23-28)32-12-5-6-15-37(32)49-39)48-45(47-43)29-18-21-34-33-20-17-27(24-40(33)50-41(34)25-29)30-13-8-14-35-31-11-4-7-16-38(31)51-42(30)35/h1-25H. The lowest BCUT2D eigenvalue weighted by atomic mass is 10.0. The molecular formula is C45H25N3S3. The van der Waals surface area contributed by atoms with Gasteiger partial charge in [0, 0.05) is 77.2 Å². The molecule has 0 aliphatic heterocycles. The maximum atomic E-state index is 5.12. The second-order valence-electron chi connectivity index (χ2n) is 12.8. The van der Waals surface area contributed by atoms with Crippen LogP contribution in [0.15, 0.2) is 152 Å². The minimum absolute atomic E-state index is 0.669. The van der Waals surface area contributed by atoms with Gasteiger partial charge in [-0.2, -0.15) is 0 Å². The number of hydrogen-bond acceptors (Lipinski definition) is 6. The van der Waals surface area contributed by atoms with E-state index in [1.807, 2.05) is 52.2 Å². The van der Waals surface area contributed by atoms with E-state index in [9.17, 15) is 0 Å². The third-order valence-corrected chi connectivity index (χ3v) is 13.2. The van der Waals surface area contributed by atoms with Gasteiger partial charge >= 0.3 is 0 Å². The first-order valence-corrected chi connectivity index (χ1v) is 19.3. The Bertz CT molecular complexity index is 3150. The molecule has 0 amide bonds. The van der Waals surface area contributed by atoms with Gasteiger partial charge in [-0.05, 0) is 53.6 Å². The molecule has 0 saturated carbocycles. The molecule has 0 radical (unpaired) electrons. The first kappa shape index (κ1) is 29.0. The average molecular weight is 704 g/mol. The fraction of sp³-hybridized carbons (Fsp3) is 0. The highest BCUT2D eigenvalue weighted by Crippen LogP contribution is 2.43. The average Bonchev–Trinajstić information content (AvgIpc) is 3.88. The van der Waals surface area contributed by atoms with Crippen LogP contribution in [0.25, 0.3) is 106 Å². The second-order valence-corrected chi connectivity index (χ2v) is 16.0. The van der Waals surface area contributed by atoms with Gasteiger partial charge < -0.3 is 0 Å². The molecule has 0 spiro atoms. The fourth-order valence-electron chi connectivity index (χ4n) is 7.27. The normalized spacial score (nSPS) is 11.9. The lowest BCUT2D eigenvalue weighted by molar-refractivity contribution is 1.08. The van der Waals surface area contributed by atoms with Crippen molar-refractivity contribution in [2.24, 2.45) is 0 Å². The number of aromatic nitrogens is 3. The van der Waals surface area contributed by atoms with Gasteiger partial charge in [0.05, 0.1) is 0 Å². The van der Waals surface area contributed by atoms with Crippen molar-refractivity contribution in [3.63, 3.8) is 0 Å². The Morgan fingerprint density at radius 1 is 0.294 bits per heavy atom. The summed E-state index contributed by atoms with van der Waals surface area (Å²) in [4.78, 5) is 15.2. The molecular weight excluding hydrogens is 679 g/mol. The first-order chi connectivity index (χ1) is 25.2. The molecule has 4 aromatic heterocycles. The molecule has 0 bridgehead atoms. The summed E-state index contributed by atoms with van der Waals surface area (Å²) in [6.07, 6.45) is 0. The number of thiophene rings is 3. The summed E-state index contributed by atoms with van der Waals surface area (Å²) in [6.45, 7) is 0. The van der Waals surface area contributed by atoms with Gasteiger partial charge in [-0.25, -0.2) is 15.0 Å². The van der Waals surface area contributed by atoms with Gasteiger partial charge in [-0.3, -0.25) is 0 Å². The predicted molar refractivity (Wildman–Crippen MR) is 220 cm³/mol. The second kappa shape index (κ2) is 11.4. The summed E-state index contributed by atoms with van der Waals surface area (Å²) < 4.78 is 7.70. The first-order valence-electron chi connectivity index (χ1n) is 16.8. The van der Waals surface area contributed by atoms with E-state index in [-0.39, 0.29) is 0 Å². The highest BCUT2D eigenvalue weighted by molar-refractivity contribution is 7.27. The molecule has 0 aliphatic carbocycles. The highest BCUT2D eigenvalue weighted by atomic mass is 32.1. The van der Waals surface area contributed by atoms with Gasteiger partial charge in [-0.15, -0.1) is 34.0 Å². The van der Waals surface area contributed by atoms with E-state index >= 15 is 0 Å². The van der Waals surface area contributed by atoms with Crippen molar-refractivity contribution in [2.45, 2.75) is 0 Å². The molecule has 0 unspecified atom stereocenters. The SMILES string of the molecule is c1ccc(-c2nc(-c3ccc4c(c3)sc3cc(-c5cccc6c5sc5ccccc56)ccc34)nc(-c3ccc4sc5ccccc5c4c3)n2)cc1. The summed E-state index contributed by atoms with van der Waals surface area (Å²) in [5.41, 5.74) is 5.46. The zero-order valence-electron chi connectivity index (χ0n) is 27.0. The summed E-state index contributed by atoms with van der Waals surface area (Å²) >= 11 is 5.52. The fourth-order valence-corrected chi connectivity index (χ4v) is 10.8. The van der Waals surface area contributed by atoms with Gasteiger partial charge in [0.1, 0.15) is 0 Å². The van der Waals surface area contributed by atoms with Crippen LogP contribution in [0.4, 0.5) is 0 Å². The van der Waals surface area contributed by atoms with Crippen molar-refractivity contribution in [2.75, 3.05) is 0 Å². The number of hydrogen-bond donors (Lipinski definition) is 0. The van der Waals surface area contributed by atoms with E-state index < -0.39 is 0 Å². The van der Waals surface area contributed by atoms with Crippen LogP contribution in [0.5, 0.6) is 0 Å². The Labute approximate surface area is 304 Å². The van der Waals surface area contributed by atoms with Crippen molar-refractivity contribution in [3.8, 4) is 45.3 Å². The Morgan fingerprint density at radius 3 is 1.57 bits per heavy atom. The van der Waals surface area contributed by atoms with Crippen molar-refractivity contribution in [3.05, 3.63) is 152 Å². The van der Waals surface area contributed by atoms with Crippen LogP contribution >= 0.6 is 34.0 Å². The Hall–Kier alpha value is -5.79. The minimum Gasteiger partial charge on any atom is -0.208 e. The zero-order chi connectivity index (χ0) is 33.5.